The Hall–Kier alpha value is -2.89. The standard InChI is InChI=1S/C17H16N2O4/c1-23-15-13(7-4-9-18-15)16(20)19-10-8-11-5-2-3-6-12(11)14(19)17(21)22/h2-7,9,14H,8,10H2,1H3,(H,21,22). The van der Waals surface area contributed by atoms with E-state index in [0.29, 0.717) is 18.5 Å². The minimum atomic E-state index is -1.05. The summed E-state index contributed by atoms with van der Waals surface area (Å²) in [7, 11) is 1.43. The molecule has 1 unspecified atom stereocenters. The normalized spacial score (nSPS) is 16.6. The highest BCUT2D eigenvalue weighted by Gasteiger charge is 2.37. The second-order valence-corrected chi connectivity index (χ2v) is 5.25. The van der Waals surface area contributed by atoms with Crippen LogP contribution in [0.25, 0.3) is 0 Å². The lowest BCUT2D eigenvalue weighted by molar-refractivity contribution is -0.143. The number of benzene rings is 1. The zero-order chi connectivity index (χ0) is 16.4. The molecule has 1 N–H and O–H groups in total. The third-order valence-electron chi connectivity index (χ3n) is 3.97. The molecule has 3 rings (SSSR count). The fourth-order valence-electron chi connectivity index (χ4n) is 2.92. The molecule has 0 saturated heterocycles. The van der Waals surface area contributed by atoms with Crippen molar-refractivity contribution in [3.8, 4) is 5.88 Å². The van der Waals surface area contributed by atoms with E-state index in [9.17, 15) is 14.7 Å². The Morgan fingerprint density at radius 1 is 1.26 bits per heavy atom. The minimum absolute atomic E-state index is 0.195. The first-order valence-electron chi connectivity index (χ1n) is 7.24. The lowest BCUT2D eigenvalue weighted by Gasteiger charge is -2.34. The van der Waals surface area contributed by atoms with Gasteiger partial charge in [-0.05, 0) is 29.7 Å². The van der Waals surface area contributed by atoms with E-state index in [1.54, 1.807) is 24.3 Å². The van der Waals surface area contributed by atoms with E-state index in [1.165, 1.54) is 18.2 Å². The maximum absolute atomic E-state index is 12.8. The first kappa shape index (κ1) is 15.0. The molecule has 1 aliphatic heterocycles. The molecule has 0 saturated carbocycles. The molecular weight excluding hydrogens is 296 g/mol. The van der Waals surface area contributed by atoms with Crippen LogP contribution in [0.4, 0.5) is 0 Å². The second kappa shape index (κ2) is 6.08. The van der Waals surface area contributed by atoms with Crippen LogP contribution in [0.15, 0.2) is 42.6 Å². The number of pyridine rings is 1. The molecule has 1 aliphatic rings. The van der Waals surface area contributed by atoms with Crippen LogP contribution in [0.3, 0.4) is 0 Å². The number of amides is 1. The van der Waals surface area contributed by atoms with Crippen LogP contribution in [-0.4, -0.2) is 40.5 Å². The molecule has 1 aromatic carbocycles. The molecule has 0 bridgehead atoms. The van der Waals surface area contributed by atoms with Gasteiger partial charge in [-0.1, -0.05) is 24.3 Å². The number of aromatic nitrogens is 1. The Labute approximate surface area is 133 Å². The average Bonchev–Trinajstić information content (AvgIpc) is 2.59. The summed E-state index contributed by atoms with van der Waals surface area (Å²) in [6.07, 6.45) is 2.14. The third-order valence-corrected chi connectivity index (χ3v) is 3.97. The molecule has 23 heavy (non-hydrogen) atoms. The van der Waals surface area contributed by atoms with Gasteiger partial charge in [-0.3, -0.25) is 4.79 Å². The van der Waals surface area contributed by atoms with Gasteiger partial charge in [0.25, 0.3) is 5.91 Å². The van der Waals surface area contributed by atoms with Gasteiger partial charge in [0, 0.05) is 12.7 Å². The molecule has 6 heteroatoms. The Balaban J connectivity index is 2.02. The largest absolute Gasteiger partial charge is 0.480 e. The van der Waals surface area contributed by atoms with E-state index < -0.39 is 17.9 Å². The van der Waals surface area contributed by atoms with Gasteiger partial charge in [0.1, 0.15) is 5.56 Å². The fraction of sp³-hybridized carbons (Fsp3) is 0.235. The number of fused-ring (bicyclic) bond motifs is 1. The monoisotopic (exact) mass is 312 g/mol. The summed E-state index contributed by atoms with van der Waals surface area (Å²) in [5, 5.41) is 9.64. The Kier molecular flexibility index (Phi) is 3.97. The molecule has 0 spiro atoms. The Morgan fingerprint density at radius 3 is 2.78 bits per heavy atom. The summed E-state index contributed by atoms with van der Waals surface area (Å²) in [6.45, 7) is 0.338. The van der Waals surface area contributed by atoms with E-state index in [4.69, 9.17) is 4.74 Å². The number of methoxy groups -OCH3 is 1. The lowest BCUT2D eigenvalue weighted by Crippen LogP contribution is -2.43. The van der Waals surface area contributed by atoms with Crippen LogP contribution >= 0.6 is 0 Å². The number of rotatable bonds is 3. The van der Waals surface area contributed by atoms with Crippen molar-refractivity contribution in [2.75, 3.05) is 13.7 Å². The van der Waals surface area contributed by atoms with Gasteiger partial charge in [0.05, 0.1) is 7.11 Å². The molecule has 118 valence electrons. The minimum Gasteiger partial charge on any atom is -0.480 e. The summed E-state index contributed by atoms with van der Waals surface area (Å²) < 4.78 is 5.12. The van der Waals surface area contributed by atoms with Gasteiger partial charge in [0.2, 0.25) is 5.88 Å². The van der Waals surface area contributed by atoms with Crippen molar-refractivity contribution in [2.45, 2.75) is 12.5 Å². The number of carboxylic acids is 1. The summed E-state index contributed by atoms with van der Waals surface area (Å²) >= 11 is 0. The number of ether oxygens (including phenoxy) is 1. The van der Waals surface area contributed by atoms with Gasteiger partial charge in [-0.25, -0.2) is 9.78 Å². The quantitative estimate of drug-likeness (QED) is 0.936. The molecule has 0 radical (unpaired) electrons. The van der Waals surface area contributed by atoms with E-state index >= 15 is 0 Å². The molecule has 1 aromatic heterocycles. The topological polar surface area (TPSA) is 79.7 Å². The van der Waals surface area contributed by atoms with Gasteiger partial charge < -0.3 is 14.7 Å². The van der Waals surface area contributed by atoms with Gasteiger partial charge in [0.15, 0.2) is 6.04 Å². The molecule has 6 nitrogen and oxygen atoms in total. The highest BCUT2D eigenvalue weighted by molar-refractivity contribution is 5.99. The molecule has 0 fully saturated rings. The molecule has 1 atom stereocenters. The highest BCUT2D eigenvalue weighted by Crippen LogP contribution is 2.32. The van der Waals surface area contributed by atoms with Gasteiger partial charge in [-0.2, -0.15) is 0 Å². The van der Waals surface area contributed by atoms with Crippen molar-refractivity contribution < 1.29 is 19.4 Å². The van der Waals surface area contributed by atoms with Crippen LogP contribution in [-0.2, 0) is 11.2 Å². The van der Waals surface area contributed by atoms with Crippen LogP contribution < -0.4 is 4.74 Å². The lowest BCUT2D eigenvalue weighted by atomic mass is 9.92. The summed E-state index contributed by atoms with van der Waals surface area (Å²) in [6, 6.07) is 9.53. The van der Waals surface area contributed by atoms with Crippen LogP contribution in [0.5, 0.6) is 5.88 Å². The number of aliphatic carboxylic acids is 1. The van der Waals surface area contributed by atoms with Gasteiger partial charge in [-0.15, -0.1) is 0 Å². The third kappa shape index (κ3) is 2.63. The molecule has 2 aromatic rings. The number of hydrogen-bond donors (Lipinski definition) is 1. The van der Waals surface area contributed by atoms with Crippen LogP contribution in [0, 0.1) is 0 Å². The fourth-order valence-corrected chi connectivity index (χ4v) is 2.92. The Morgan fingerprint density at radius 2 is 2.04 bits per heavy atom. The summed E-state index contributed by atoms with van der Waals surface area (Å²) in [5.41, 5.74) is 1.88. The van der Waals surface area contributed by atoms with Gasteiger partial charge >= 0.3 is 5.97 Å². The zero-order valence-corrected chi connectivity index (χ0v) is 12.6. The summed E-state index contributed by atoms with van der Waals surface area (Å²) in [4.78, 5) is 30.0. The average molecular weight is 312 g/mol. The number of hydrogen-bond acceptors (Lipinski definition) is 4. The van der Waals surface area contributed by atoms with E-state index in [2.05, 4.69) is 4.98 Å². The first-order chi connectivity index (χ1) is 11.1. The number of carboxylic acid groups (broad SMARTS) is 1. The number of carbonyl (C=O) groups excluding carboxylic acids is 1. The molecule has 2 heterocycles. The van der Waals surface area contributed by atoms with Crippen molar-refractivity contribution >= 4 is 11.9 Å². The van der Waals surface area contributed by atoms with E-state index in [1.807, 2.05) is 12.1 Å². The van der Waals surface area contributed by atoms with Crippen LogP contribution in [0.2, 0.25) is 0 Å². The SMILES string of the molecule is COc1ncccc1C(=O)N1CCc2ccccc2C1C(=O)O. The molecule has 0 aliphatic carbocycles. The maximum atomic E-state index is 12.8. The molecular formula is C17H16N2O4. The highest BCUT2D eigenvalue weighted by atomic mass is 16.5. The predicted octanol–water partition coefficient (Wildman–Crippen LogP) is 1.91. The molecule has 1 amide bonds. The van der Waals surface area contributed by atoms with Crippen molar-refractivity contribution in [1.29, 1.82) is 0 Å². The smallest absolute Gasteiger partial charge is 0.331 e. The number of nitrogens with zero attached hydrogens (tertiary/aromatic N) is 2. The van der Waals surface area contributed by atoms with E-state index in [-0.39, 0.29) is 11.4 Å². The Bertz CT molecular complexity index is 760. The van der Waals surface area contributed by atoms with Crippen molar-refractivity contribution in [2.24, 2.45) is 0 Å². The number of carbonyl (C=O) groups is 2. The zero-order valence-electron chi connectivity index (χ0n) is 12.6. The first-order valence-corrected chi connectivity index (χ1v) is 7.24. The maximum Gasteiger partial charge on any atom is 0.331 e. The second-order valence-electron chi connectivity index (χ2n) is 5.25. The van der Waals surface area contributed by atoms with Crippen LogP contribution in [0.1, 0.15) is 27.5 Å². The van der Waals surface area contributed by atoms with Crippen molar-refractivity contribution in [1.82, 2.24) is 9.88 Å². The van der Waals surface area contributed by atoms with Crippen molar-refractivity contribution in [3.05, 3.63) is 59.3 Å². The predicted molar refractivity (Wildman–Crippen MR) is 82.3 cm³/mol. The summed E-state index contributed by atoms with van der Waals surface area (Å²) in [5.74, 6) is -1.24. The van der Waals surface area contributed by atoms with Crippen molar-refractivity contribution in [3.63, 3.8) is 0 Å². The van der Waals surface area contributed by atoms with E-state index in [0.717, 1.165) is 5.56 Å².